The van der Waals surface area contributed by atoms with Crippen molar-refractivity contribution in [2.45, 2.75) is 37.9 Å². The van der Waals surface area contributed by atoms with Gasteiger partial charge in [0.15, 0.2) is 5.12 Å². The van der Waals surface area contributed by atoms with Gasteiger partial charge < -0.3 is 0 Å². The van der Waals surface area contributed by atoms with Crippen molar-refractivity contribution in [3.8, 4) is 0 Å². The van der Waals surface area contributed by atoms with Crippen molar-refractivity contribution in [2.75, 3.05) is 18.8 Å². The maximum absolute atomic E-state index is 13.3. The summed E-state index contributed by atoms with van der Waals surface area (Å²) in [6.07, 6.45) is 2.18. The van der Waals surface area contributed by atoms with Crippen LogP contribution < -0.4 is 0 Å². The normalized spacial score (nSPS) is 37.4. The summed E-state index contributed by atoms with van der Waals surface area (Å²) in [4.78, 5) is 13.2. The van der Waals surface area contributed by atoms with Crippen LogP contribution in [0.2, 0.25) is 0 Å². The fourth-order valence-corrected chi connectivity index (χ4v) is 3.60. The van der Waals surface area contributed by atoms with E-state index in [4.69, 9.17) is 0 Å². The molecule has 2 aliphatic rings. The molecule has 2 nitrogen and oxygen atoms in total. The maximum atomic E-state index is 13.3. The Bertz CT molecular complexity index is 248. The van der Waals surface area contributed by atoms with E-state index in [-0.39, 0.29) is 10.7 Å². The summed E-state index contributed by atoms with van der Waals surface area (Å²) in [5.74, 6) is 0.781. The Morgan fingerprint density at radius 3 is 3.21 bits per heavy atom. The summed E-state index contributed by atoms with van der Waals surface area (Å²) < 4.78 is 13.3. The van der Waals surface area contributed by atoms with E-state index < -0.39 is 6.17 Å². The molecule has 0 aromatic heterocycles. The van der Waals surface area contributed by atoms with Gasteiger partial charge in [-0.05, 0) is 25.8 Å². The van der Waals surface area contributed by atoms with E-state index in [1.807, 2.05) is 0 Å². The fourth-order valence-electron chi connectivity index (χ4n) is 2.68. The van der Waals surface area contributed by atoms with Gasteiger partial charge in [0.05, 0.1) is 0 Å². The van der Waals surface area contributed by atoms with Crippen LogP contribution in [0.4, 0.5) is 4.39 Å². The average Bonchev–Trinajstić information content (AvgIpc) is 2.56. The molecular weight excluding hydrogens is 201 g/mol. The molecule has 0 aromatic carbocycles. The monoisotopic (exact) mass is 217 g/mol. The molecule has 80 valence electrons. The Morgan fingerprint density at radius 1 is 1.71 bits per heavy atom. The van der Waals surface area contributed by atoms with Crippen LogP contribution in [0, 0.1) is 0 Å². The van der Waals surface area contributed by atoms with E-state index in [1.165, 1.54) is 11.8 Å². The molecule has 0 radical (unpaired) electrons. The first-order valence-corrected chi connectivity index (χ1v) is 6.13. The molecule has 0 N–H and O–H groups in total. The highest BCUT2D eigenvalue weighted by Gasteiger charge is 2.48. The Balaban J connectivity index is 2.01. The predicted molar refractivity (Wildman–Crippen MR) is 56.2 cm³/mol. The van der Waals surface area contributed by atoms with Crippen LogP contribution >= 0.6 is 11.8 Å². The molecule has 2 atom stereocenters. The quantitative estimate of drug-likeness (QED) is 0.704. The topological polar surface area (TPSA) is 20.3 Å². The molecule has 0 unspecified atom stereocenters. The average molecular weight is 217 g/mol. The van der Waals surface area contributed by atoms with Crippen LogP contribution in [0.15, 0.2) is 0 Å². The highest BCUT2D eigenvalue weighted by atomic mass is 32.2. The van der Waals surface area contributed by atoms with Crippen molar-refractivity contribution in [1.29, 1.82) is 0 Å². The lowest BCUT2D eigenvalue weighted by Gasteiger charge is -2.30. The molecule has 14 heavy (non-hydrogen) atoms. The molecule has 0 aromatic rings. The van der Waals surface area contributed by atoms with Gasteiger partial charge in [-0.3, -0.25) is 9.69 Å². The summed E-state index contributed by atoms with van der Waals surface area (Å²) >= 11 is 1.35. The van der Waals surface area contributed by atoms with E-state index in [0.717, 1.165) is 25.1 Å². The second-order valence-corrected chi connectivity index (χ2v) is 5.51. The first kappa shape index (κ1) is 10.4. The molecule has 0 spiro atoms. The molecule has 2 rings (SSSR count). The third-order valence-corrected chi connectivity index (χ3v) is 4.39. The van der Waals surface area contributed by atoms with Crippen LogP contribution in [0.5, 0.6) is 0 Å². The van der Waals surface area contributed by atoms with E-state index >= 15 is 0 Å². The van der Waals surface area contributed by atoms with Crippen molar-refractivity contribution < 1.29 is 9.18 Å². The number of fused-ring (bicyclic) bond motifs is 1. The lowest BCUT2D eigenvalue weighted by molar-refractivity contribution is -0.109. The molecular formula is C10H16FNOS. The first-order valence-electron chi connectivity index (χ1n) is 5.15. The smallest absolute Gasteiger partial charge is 0.185 e. The summed E-state index contributed by atoms with van der Waals surface area (Å²) in [5.41, 5.74) is 0.00968. The third-order valence-electron chi connectivity index (χ3n) is 3.31. The van der Waals surface area contributed by atoms with E-state index in [9.17, 15) is 9.18 Å². The zero-order chi connectivity index (χ0) is 10.2. The lowest BCUT2D eigenvalue weighted by Crippen LogP contribution is -2.40. The number of halogens is 1. The standard InChI is InChI=1S/C10H16FNOS/c1-8(13)14-7-10-3-2-4-12(10)6-9(11)5-10/h9H,2-7H2,1H3/t9-,10+/m1/s1. The molecule has 0 aliphatic carbocycles. The van der Waals surface area contributed by atoms with Crippen LogP contribution in [0.25, 0.3) is 0 Å². The van der Waals surface area contributed by atoms with E-state index in [2.05, 4.69) is 4.90 Å². The second kappa shape index (κ2) is 3.81. The SMILES string of the molecule is CC(=O)SC[C@@]12CCCN1C[C@H](F)C2. The highest BCUT2D eigenvalue weighted by molar-refractivity contribution is 8.13. The highest BCUT2D eigenvalue weighted by Crippen LogP contribution is 2.42. The minimum Gasteiger partial charge on any atom is -0.294 e. The van der Waals surface area contributed by atoms with Gasteiger partial charge >= 0.3 is 0 Å². The van der Waals surface area contributed by atoms with Gasteiger partial charge in [0.1, 0.15) is 6.17 Å². The molecule has 2 fully saturated rings. The van der Waals surface area contributed by atoms with Crippen LogP contribution in [-0.2, 0) is 4.79 Å². The zero-order valence-corrected chi connectivity index (χ0v) is 9.28. The van der Waals surface area contributed by atoms with Gasteiger partial charge in [-0.15, -0.1) is 0 Å². The second-order valence-electron chi connectivity index (χ2n) is 4.36. The van der Waals surface area contributed by atoms with Crippen molar-refractivity contribution in [3.05, 3.63) is 0 Å². The van der Waals surface area contributed by atoms with E-state index in [1.54, 1.807) is 6.92 Å². The van der Waals surface area contributed by atoms with Gasteiger partial charge in [-0.1, -0.05) is 11.8 Å². The third kappa shape index (κ3) is 1.82. The Labute approximate surface area is 88.2 Å². The van der Waals surface area contributed by atoms with Gasteiger partial charge in [-0.2, -0.15) is 0 Å². The molecule has 4 heteroatoms. The summed E-state index contributed by atoms with van der Waals surface area (Å²) in [5, 5.41) is 0.147. The number of nitrogens with zero attached hydrogens (tertiary/aromatic N) is 1. The molecule has 2 aliphatic heterocycles. The number of hydrogen-bond donors (Lipinski definition) is 0. The molecule has 2 heterocycles. The number of thioether (sulfide) groups is 1. The summed E-state index contributed by atoms with van der Waals surface area (Å²) in [6, 6.07) is 0. The largest absolute Gasteiger partial charge is 0.294 e. The molecule has 0 amide bonds. The van der Waals surface area contributed by atoms with E-state index in [0.29, 0.717) is 13.0 Å². The number of carbonyl (C=O) groups excluding carboxylic acids is 1. The van der Waals surface area contributed by atoms with Crippen LogP contribution in [0.1, 0.15) is 26.2 Å². The Morgan fingerprint density at radius 2 is 2.50 bits per heavy atom. The Hall–Kier alpha value is -0.0900. The van der Waals surface area contributed by atoms with Gasteiger partial charge in [0.25, 0.3) is 0 Å². The fraction of sp³-hybridized carbons (Fsp3) is 0.900. The van der Waals surface area contributed by atoms with Crippen molar-refractivity contribution in [1.82, 2.24) is 4.90 Å². The minimum atomic E-state index is -0.678. The van der Waals surface area contributed by atoms with Crippen molar-refractivity contribution in [3.63, 3.8) is 0 Å². The lowest BCUT2D eigenvalue weighted by atomic mass is 9.96. The van der Waals surface area contributed by atoms with Gasteiger partial charge in [-0.25, -0.2) is 4.39 Å². The van der Waals surface area contributed by atoms with Crippen LogP contribution in [0.3, 0.4) is 0 Å². The molecule has 0 saturated carbocycles. The molecule has 2 saturated heterocycles. The summed E-state index contributed by atoms with van der Waals surface area (Å²) in [7, 11) is 0. The number of rotatable bonds is 2. The van der Waals surface area contributed by atoms with Crippen molar-refractivity contribution in [2.24, 2.45) is 0 Å². The number of hydrogen-bond acceptors (Lipinski definition) is 3. The first-order chi connectivity index (χ1) is 6.62. The number of alkyl halides is 1. The predicted octanol–water partition coefficient (Wildman–Crippen LogP) is 1.84. The minimum absolute atomic E-state index is 0.00968. The zero-order valence-electron chi connectivity index (χ0n) is 8.46. The Kier molecular flexibility index (Phi) is 2.84. The van der Waals surface area contributed by atoms with Gasteiger partial charge in [0.2, 0.25) is 0 Å². The van der Waals surface area contributed by atoms with Crippen molar-refractivity contribution >= 4 is 16.9 Å². The van der Waals surface area contributed by atoms with Crippen LogP contribution in [-0.4, -0.2) is 40.6 Å². The summed E-state index contributed by atoms with van der Waals surface area (Å²) in [6.45, 7) is 3.18. The van der Waals surface area contributed by atoms with Gasteiger partial charge in [0, 0.05) is 24.8 Å². The molecule has 0 bridgehead atoms. The maximum Gasteiger partial charge on any atom is 0.185 e. The number of carbonyl (C=O) groups is 1.